The third kappa shape index (κ3) is 27.1. The van der Waals surface area contributed by atoms with E-state index < -0.39 is 46.6 Å². The van der Waals surface area contributed by atoms with Gasteiger partial charge in [0.25, 0.3) is 38.9 Å². The highest BCUT2D eigenvalue weighted by atomic mass is 35.5. The zero-order valence-electron chi connectivity index (χ0n) is 81.2. The first-order valence-corrected chi connectivity index (χ1v) is 43.7. The van der Waals surface area contributed by atoms with Crippen LogP contribution in [-0.4, -0.2) is 113 Å². The van der Waals surface area contributed by atoms with Crippen molar-refractivity contribution in [2.45, 2.75) is 237 Å². The lowest BCUT2D eigenvalue weighted by atomic mass is 9.88. The fraction of sp³-hybridized carbons (Fsp3) is 0.434. The summed E-state index contributed by atoms with van der Waals surface area (Å²) in [4.78, 5) is 112. The molecule has 0 aromatic carbocycles. The largest absolute Gasteiger partial charge is 0.481 e. The number of nitrogens with zero attached hydrogens (tertiary/aromatic N) is 14. The van der Waals surface area contributed by atoms with Gasteiger partial charge in [0.05, 0.1) is 74.2 Å². The van der Waals surface area contributed by atoms with E-state index in [1.165, 1.54) is 114 Å². The Bertz CT molecular complexity index is 6850. The maximum absolute atomic E-state index is 14.2. The van der Waals surface area contributed by atoms with Gasteiger partial charge in [-0.25, -0.2) is 45.7 Å². The van der Waals surface area contributed by atoms with Crippen LogP contribution in [0.25, 0.3) is 39.5 Å². The van der Waals surface area contributed by atoms with Crippen molar-refractivity contribution >= 4 is 51.1 Å². The lowest BCUT2D eigenvalue weighted by molar-refractivity contribution is 0.143. The monoisotopic (exact) mass is 1880 g/mol. The van der Waals surface area contributed by atoms with E-state index >= 15 is 0 Å². The predicted molar refractivity (Wildman–Crippen MR) is 506 cm³/mol. The van der Waals surface area contributed by atoms with E-state index in [-0.39, 0.29) is 148 Å². The Labute approximate surface area is 776 Å². The van der Waals surface area contributed by atoms with Gasteiger partial charge in [0.1, 0.15) is 12.8 Å². The van der Waals surface area contributed by atoms with Crippen LogP contribution in [0.15, 0.2) is 162 Å². The van der Waals surface area contributed by atoms with Gasteiger partial charge in [-0.15, -0.1) is 0 Å². The number of fused-ring (bicyclic) bond motifs is 7. The second-order valence-electron chi connectivity index (χ2n) is 38.8. The van der Waals surface area contributed by atoms with Crippen molar-refractivity contribution in [3.8, 4) is 23.5 Å². The van der Waals surface area contributed by atoms with Gasteiger partial charge in [-0.1, -0.05) is 171 Å². The summed E-state index contributed by atoms with van der Waals surface area (Å²) in [6, 6.07) is 19.4. The minimum atomic E-state index is -1.40. The first-order chi connectivity index (χ1) is 62.1. The Morgan fingerprint density at radius 2 is 0.575 bits per heavy atom. The molecule has 0 amide bonds. The Balaban J connectivity index is 0.000000192. The van der Waals surface area contributed by atoms with Gasteiger partial charge < -0.3 is 28.4 Å². The molecule has 720 valence electrons. The number of halogens is 8. The molecule has 0 radical (unpaired) electrons. The SMILES string of the molecule is CC(F)c1cc(=O)n2cc(C(C)(C)C)cc(F)c2n1.CCCOc1cc(=O)n2cc(C(C)(C)C)cc(F)c2n1.CCOc1cc(=O)n2cc(C(C)(C)C)cc(F)c2n1.CCc1cc(=O)n2cc(C(C)(C)C)cc(Cl)c2n1.COCCOc1cc(=O)n2cc(C(C)(C)C)cc(F)c2n1.COCc1cc(=O)n2cc(C(C)(C)C)cc(F)c2n1.COc1cc(=O)n2cc(C(C)(C)C)cc(F)c2n1. The molecule has 0 aliphatic rings. The lowest BCUT2D eigenvalue weighted by Crippen LogP contribution is -2.20. The van der Waals surface area contributed by atoms with Crippen LogP contribution in [0.5, 0.6) is 23.5 Å². The van der Waals surface area contributed by atoms with Crippen LogP contribution in [0, 0.1) is 34.9 Å². The summed E-state index contributed by atoms with van der Waals surface area (Å²) < 4.78 is 137. The Morgan fingerprint density at radius 3 is 0.866 bits per heavy atom. The lowest BCUT2D eigenvalue weighted by Gasteiger charge is -2.20. The number of aryl methyl sites for hydroxylation is 1. The van der Waals surface area contributed by atoms with E-state index in [1.54, 1.807) is 57.3 Å². The first-order valence-electron chi connectivity index (χ1n) is 43.3. The number of pyridine rings is 7. The zero-order valence-corrected chi connectivity index (χ0v) is 82.0. The first kappa shape index (κ1) is 107. The third-order valence-electron chi connectivity index (χ3n) is 20.7. The predicted octanol–water partition coefficient (Wildman–Crippen LogP) is 18.4. The number of rotatable bonds is 14. The van der Waals surface area contributed by atoms with Gasteiger partial charge >= 0.3 is 0 Å². The van der Waals surface area contributed by atoms with E-state index in [9.17, 15) is 64.3 Å². The summed E-state index contributed by atoms with van der Waals surface area (Å²) in [7, 11) is 4.43. The molecule has 14 heterocycles. The van der Waals surface area contributed by atoms with Gasteiger partial charge in [-0.2, -0.15) is 19.9 Å². The van der Waals surface area contributed by atoms with Crippen LogP contribution in [-0.2, 0) is 60.4 Å². The molecule has 14 aromatic rings. The molecular weight excluding hydrogens is 1760 g/mol. The highest BCUT2D eigenvalue weighted by Crippen LogP contribution is 2.32. The summed E-state index contributed by atoms with van der Waals surface area (Å²) in [6.45, 7) is 50.0. The Hall–Kier alpha value is -12.6. The molecule has 0 aliphatic heterocycles. The van der Waals surface area contributed by atoms with Crippen LogP contribution >= 0.6 is 11.6 Å². The number of aromatic nitrogens is 14. The molecule has 0 saturated heterocycles. The van der Waals surface area contributed by atoms with Gasteiger partial charge in [-0.05, 0) is 146 Å². The molecule has 1 atom stereocenters. The van der Waals surface area contributed by atoms with Crippen LogP contribution in [0.4, 0.5) is 30.7 Å². The molecule has 35 heteroatoms. The number of hydrogen-bond acceptors (Lipinski definition) is 20. The summed E-state index contributed by atoms with van der Waals surface area (Å²) in [5.41, 5.74) is 3.05. The molecule has 0 saturated carbocycles. The summed E-state index contributed by atoms with van der Waals surface area (Å²) in [5, 5.41) is 0.523. The Morgan fingerprint density at radius 1 is 0.313 bits per heavy atom. The van der Waals surface area contributed by atoms with Crippen molar-refractivity contribution in [2.75, 3.05) is 47.8 Å². The molecule has 0 bridgehead atoms. The van der Waals surface area contributed by atoms with Crippen LogP contribution in [0.3, 0.4) is 0 Å². The van der Waals surface area contributed by atoms with Crippen molar-refractivity contribution in [1.82, 2.24) is 65.7 Å². The molecular formula is C99H120ClF7N14O13. The summed E-state index contributed by atoms with van der Waals surface area (Å²) >= 11 is 6.25. The molecule has 27 nitrogen and oxygen atoms in total. The second kappa shape index (κ2) is 43.2. The zero-order chi connectivity index (χ0) is 100. The Kier molecular flexibility index (Phi) is 34.4. The van der Waals surface area contributed by atoms with E-state index in [0.29, 0.717) is 41.7 Å². The van der Waals surface area contributed by atoms with Gasteiger partial charge in [0.2, 0.25) is 23.5 Å². The fourth-order valence-corrected chi connectivity index (χ4v) is 12.8. The van der Waals surface area contributed by atoms with Gasteiger partial charge in [0.15, 0.2) is 74.4 Å². The molecule has 14 aromatic heterocycles. The maximum atomic E-state index is 14.2. The summed E-state index contributed by atoms with van der Waals surface area (Å²) in [6.07, 6.45) is 11.6. The average Bonchev–Trinajstić information content (AvgIpc) is 0.798. The molecule has 14 rings (SSSR count). The van der Waals surface area contributed by atoms with Crippen molar-refractivity contribution < 1.29 is 59.2 Å². The van der Waals surface area contributed by atoms with Crippen molar-refractivity contribution in [2.24, 2.45) is 0 Å². The van der Waals surface area contributed by atoms with Gasteiger partial charge in [0, 0.05) is 81.5 Å². The van der Waals surface area contributed by atoms with Crippen molar-refractivity contribution in [1.29, 1.82) is 0 Å². The van der Waals surface area contributed by atoms with E-state index in [4.69, 9.17) is 40.0 Å². The third-order valence-corrected chi connectivity index (χ3v) is 20.9. The van der Waals surface area contributed by atoms with Crippen molar-refractivity contribution in [3.63, 3.8) is 0 Å². The number of hydrogen-bond donors (Lipinski definition) is 0. The van der Waals surface area contributed by atoms with Crippen LogP contribution < -0.4 is 57.9 Å². The molecule has 0 spiro atoms. The smallest absolute Gasteiger partial charge is 0.261 e. The number of alkyl halides is 1. The number of ether oxygens (including phenoxy) is 6. The molecule has 134 heavy (non-hydrogen) atoms. The quantitative estimate of drug-likeness (QED) is 0.0721. The minimum Gasteiger partial charge on any atom is -0.481 e. The van der Waals surface area contributed by atoms with Crippen LogP contribution in [0.2, 0.25) is 5.02 Å². The molecule has 1 unspecified atom stereocenters. The van der Waals surface area contributed by atoms with Crippen LogP contribution in [0.1, 0.15) is 242 Å². The van der Waals surface area contributed by atoms with Gasteiger partial charge in [-0.3, -0.25) is 64.4 Å². The standard InChI is InChI=1S/C15H19FN2O3.C15H19FN2O2.C14H17ClN2O.C14H16F2N2O.2C14H17FN2O2.C13H15FN2O2/c1-15(2,3)10-7-11(16)14-17-12(21-6-5-20-4)8-13(19)18(14)9-10;1-5-6-20-12-8-13(19)18-9-10(15(2,3)4)7-11(16)14(18)17-12;1-5-10-7-12(18)17-8-9(14(2,3)4)6-11(15)13(17)16-10;1-8(15)11-6-12(19)18-7-9(14(2,3)4)5-10(16)13(18)17-11;1-14(2,3)9-5-11(15)13-16-10(8-19-4)6-12(18)17(13)7-9;1-5-19-11-7-12(18)17-8-9(14(2,3)4)6-10(15)13(17)16-11;1-13(2,3)8-5-9(14)12-15-10(18-4)6-11(17)16(12)7-8/h7-9H,5-6H2,1-4H3;7-9H,5-6H2,1-4H3;6-8H,5H2,1-4H3;5-8H,1-4H3;5-7H,8H2,1-4H3;6-8H,5H2,1-4H3;5-7H,1-4H3. The molecule has 0 aliphatic carbocycles. The molecule has 0 fully saturated rings. The fourth-order valence-electron chi connectivity index (χ4n) is 12.5. The normalized spacial score (nSPS) is 12.2. The summed E-state index contributed by atoms with van der Waals surface area (Å²) in [5.74, 6) is -2.71. The van der Waals surface area contributed by atoms with E-state index in [2.05, 4.69) is 55.7 Å². The highest BCUT2D eigenvalue weighted by Gasteiger charge is 2.27. The second-order valence-corrected chi connectivity index (χ2v) is 39.2. The molecule has 0 N–H and O–H groups in total. The van der Waals surface area contributed by atoms with E-state index in [0.717, 1.165) is 62.4 Å². The number of methoxy groups -OCH3 is 3. The highest BCUT2D eigenvalue weighted by molar-refractivity contribution is 6.33. The average molecular weight is 1880 g/mol. The van der Waals surface area contributed by atoms with E-state index in [1.807, 2.05) is 151 Å². The van der Waals surface area contributed by atoms with Crippen molar-refractivity contribution in [3.05, 3.63) is 297 Å². The minimum absolute atomic E-state index is 0.00315. The topological polar surface area (TPSA) is 296 Å². The maximum Gasteiger partial charge on any atom is 0.261 e.